The first-order valence-corrected chi connectivity index (χ1v) is 10.7. The van der Waals surface area contributed by atoms with Gasteiger partial charge in [0.05, 0.1) is 0 Å². The van der Waals surface area contributed by atoms with Crippen LogP contribution in [0.4, 0.5) is 4.39 Å². The van der Waals surface area contributed by atoms with E-state index in [0.29, 0.717) is 12.8 Å². The highest BCUT2D eigenvalue weighted by Gasteiger charge is 2.25. The Labute approximate surface area is 177 Å². The van der Waals surface area contributed by atoms with Crippen LogP contribution in [0.3, 0.4) is 0 Å². The molecule has 1 aliphatic rings. The average molecular weight is 403 g/mol. The van der Waals surface area contributed by atoms with Crippen molar-refractivity contribution in [2.45, 2.75) is 38.0 Å². The minimum Gasteiger partial charge on any atom is -0.342 e. The fourth-order valence-corrected chi connectivity index (χ4v) is 4.18. The molecule has 0 unspecified atom stereocenters. The highest BCUT2D eigenvalue weighted by Crippen LogP contribution is 2.26. The molecule has 0 N–H and O–H groups in total. The van der Waals surface area contributed by atoms with Crippen LogP contribution in [0, 0.1) is 5.82 Å². The molecule has 2 aromatic carbocycles. The standard InChI is InChI=1S/C26H27FN2O/c27-23-11-4-9-21(17-23)18-24-12-5-13-25(28-24)22-10-6-16-29(19-22)26(30)15-14-20-7-2-1-3-8-20/h1-5,7-9,11-13,17,22H,6,10,14-16,18-19H2/t22-/m0/s1. The summed E-state index contributed by atoms with van der Waals surface area (Å²) in [4.78, 5) is 19.6. The minimum absolute atomic E-state index is 0.222. The molecule has 0 aliphatic carbocycles. The van der Waals surface area contributed by atoms with E-state index in [0.717, 1.165) is 49.3 Å². The number of likely N-dealkylation sites (tertiary alicyclic amines) is 1. The van der Waals surface area contributed by atoms with E-state index in [1.165, 1.54) is 11.6 Å². The number of aryl methyl sites for hydroxylation is 1. The lowest BCUT2D eigenvalue weighted by Gasteiger charge is -2.32. The maximum absolute atomic E-state index is 13.5. The number of hydrogen-bond acceptors (Lipinski definition) is 2. The maximum Gasteiger partial charge on any atom is 0.222 e. The van der Waals surface area contributed by atoms with Gasteiger partial charge in [-0.25, -0.2) is 4.39 Å². The van der Waals surface area contributed by atoms with Crippen LogP contribution in [0.25, 0.3) is 0 Å². The van der Waals surface area contributed by atoms with Crippen molar-refractivity contribution in [1.29, 1.82) is 0 Å². The van der Waals surface area contributed by atoms with Gasteiger partial charge in [0.2, 0.25) is 5.91 Å². The second-order valence-electron chi connectivity index (χ2n) is 8.02. The Morgan fingerprint density at radius 3 is 2.63 bits per heavy atom. The fraction of sp³-hybridized carbons (Fsp3) is 0.308. The number of rotatable bonds is 6. The molecule has 1 aromatic heterocycles. The summed E-state index contributed by atoms with van der Waals surface area (Å²) >= 11 is 0. The molecule has 0 bridgehead atoms. The summed E-state index contributed by atoms with van der Waals surface area (Å²) in [5.74, 6) is 0.256. The highest BCUT2D eigenvalue weighted by atomic mass is 19.1. The van der Waals surface area contributed by atoms with E-state index in [2.05, 4.69) is 18.2 Å². The first-order valence-electron chi connectivity index (χ1n) is 10.7. The number of halogens is 1. The third-order valence-electron chi connectivity index (χ3n) is 5.77. The van der Waals surface area contributed by atoms with Gasteiger partial charge in [-0.05, 0) is 54.7 Å². The van der Waals surface area contributed by atoms with Gasteiger partial charge in [-0.2, -0.15) is 0 Å². The zero-order chi connectivity index (χ0) is 20.8. The van der Waals surface area contributed by atoms with Gasteiger partial charge in [0, 0.05) is 43.2 Å². The Balaban J connectivity index is 1.38. The van der Waals surface area contributed by atoms with Crippen molar-refractivity contribution in [3.63, 3.8) is 0 Å². The molecule has 154 valence electrons. The van der Waals surface area contributed by atoms with Crippen LogP contribution in [0.5, 0.6) is 0 Å². The van der Waals surface area contributed by atoms with Gasteiger partial charge in [0.1, 0.15) is 5.82 Å². The Kier molecular flexibility index (Phi) is 6.53. The van der Waals surface area contributed by atoms with Gasteiger partial charge in [-0.3, -0.25) is 9.78 Å². The second kappa shape index (κ2) is 9.66. The zero-order valence-corrected chi connectivity index (χ0v) is 17.1. The highest BCUT2D eigenvalue weighted by molar-refractivity contribution is 5.76. The summed E-state index contributed by atoms with van der Waals surface area (Å²) in [5, 5.41) is 0. The Hall–Kier alpha value is -3.01. The van der Waals surface area contributed by atoms with Crippen molar-refractivity contribution in [3.05, 3.63) is 101 Å². The SMILES string of the molecule is O=C(CCc1ccccc1)N1CCC[C@H](c2cccc(Cc3cccc(F)c3)n2)C1. The van der Waals surface area contributed by atoms with E-state index in [-0.39, 0.29) is 17.6 Å². The molecule has 30 heavy (non-hydrogen) atoms. The third kappa shape index (κ3) is 5.32. The number of benzene rings is 2. The minimum atomic E-state index is -0.222. The second-order valence-corrected chi connectivity index (χ2v) is 8.02. The first kappa shape index (κ1) is 20.3. The maximum atomic E-state index is 13.5. The quantitative estimate of drug-likeness (QED) is 0.571. The summed E-state index contributed by atoms with van der Waals surface area (Å²) in [6, 6.07) is 22.9. The first-order chi connectivity index (χ1) is 14.7. The van der Waals surface area contributed by atoms with Gasteiger partial charge in [-0.15, -0.1) is 0 Å². The normalized spacial score (nSPS) is 16.4. The molecule has 3 aromatic rings. The molecule has 0 radical (unpaired) electrons. The van der Waals surface area contributed by atoms with Gasteiger partial charge in [-0.1, -0.05) is 48.5 Å². The lowest BCUT2D eigenvalue weighted by atomic mass is 9.93. The lowest BCUT2D eigenvalue weighted by Crippen LogP contribution is -2.39. The molecule has 1 amide bonds. The number of carbonyl (C=O) groups is 1. The summed E-state index contributed by atoms with van der Waals surface area (Å²) in [5.41, 5.74) is 4.09. The van der Waals surface area contributed by atoms with E-state index < -0.39 is 0 Å². The van der Waals surface area contributed by atoms with Gasteiger partial charge >= 0.3 is 0 Å². The molecule has 0 saturated carbocycles. The number of pyridine rings is 1. The number of amides is 1. The number of nitrogens with zero attached hydrogens (tertiary/aromatic N) is 2. The molecular formula is C26H27FN2O. The van der Waals surface area contributed by atoms with Crippen molar-refractivity contribution in [3.8, 4) is 0 Å². The fourth-order valence-electron chi connectivity index (χ4n) is 4.18. The van der Waals surface area contributed by atoms with Crippen LogP contribution in [0.2, 0.25) is 0 Å². The molecule has 4 heteroatoms. The largest absolute Gasteiger partial charge is 0.342 e. The molecule has 0 spiro atoms. The molecule has 1 atom stereocenters. The molecule has 1 aliphatic heterocycles. The zero-order valence-electron chi connectivity index (χ0n) is 17.1. The van der Waals surface area contributed by atoms with E-state index >= 15 is 0 Å². The van der Waals surface area contributed by atoms with Crippen molar-refractivity contribution in [2.75, 3.05) is 13.1 Å². The Bertz CT molecular complexity index is 989. The molecule has 1 saturated heterocycles. The summed E-state index contributed by atoms with van der Waals surface area (Å²) < 4.78 is 13.5. The predicted molar refractivity (Wildman–Crippen MR) is 117 cm³/mol. The van der Waals surface area contributed by atoms with Crippen molar-refractivity contribution < 1.29 is 9.18 Å². The number of piperidine rings is 1. The van der Waals surface area contributed by atoms with Gasteiger partial charge in [0.15, 0.2) is 0 Å². The van der Waals surface area contributed by atoms with E-state index in [1.807, 2.05) is 41.3 Å². The van der Waals surface area contributed by atoms with Gasteiger partial charge < -0.3 is 4.90 Å². The van der Waals surface area contributed by atoms with Crippen molar-refractivity contribution >= 4 is 5.91 Å². The number of aromatic nitrogens is 1. The smallest absolute Gasteiger partial charge is 0.222 e. The van der Waals surface area contributed by atoms with Crippen LogP contribution in [0.15, 0.2) is 72.8 Å². The van der Waals surface area contributed by atoms with E-state index in [4.69, 9.17) is 4.98 Å². The molecule has 2 heterocycles. The van der Waals surface area contributed by atoms with E-state index in [9.17, 15) is 9.18 Å². The van der Waals surface area contributed by atoms with Crippen molar-refractivity contribution in [2.24, 2.45) is 0 Å². The van der Waals surface area contributed by atoms with Crippen molar-refractivity contribution in [1.82, 2.24) is 9.88 Å². The molecule has 3 nitrogen and oxygen atoms in total. The molecule has 1 fully saturated rings. The van der Waals surface area contributed by atoms with Crippen LogP contribution in [0.1, 0.15) is 47.7 Å². The summed E-state index contributed by atoms with van der Waals surface area (Å²) in [6.07, 6.45) is 3.97. The van der Waals surface area contributed by atoms with Crippen LogP contribution in [-0.2, 0) is 17.6 Å². The summed E-state index contributed by atoms with van der Waals surface area (Å²) in [7, 11) is 0. The topological polar surface area (TPSA) is 33.2 Å². The van der Waals surface area contributed by atoms with E-state index in [1.54, 1.807) is 12.1 Å². The Morgan fingerprint density at radius 1 is 1.00 bits per heavy atom. The number of carbonyl (C=O) groups excluding carboxylic acids is 1. The van der Waals surface area contributed by atoms with Crippen LogP contribution in [-0.4, -0.2) is 28.9 Å². The number of hydrogen-bond donors (Lipinski definition) is 0. The molecule has 4 rings (SSSR count). The molecular weight excluding hydrogens is 375 g/mol. The average Bonchev–Trinajstić information content (AvgIpc) is 2.78. The predicted octanol–water partition coefficient (Wildman–Crippen LogP) is 5.15. The van der Waals surface area contributed by atoms with Gasteiger partial charge in [0.25, 0.3) is 0 Å². The monoisotopic (exact) mass is 402 g/mol. The van der Waals surface area contributed by atoms with Crippen LogP contribution < -0.4 is 0 Å². The van der Waals surface area contributed by atoms with Crippen LogP contribution >= 0.6 is 0 Å². The summed E-state index contributed by atoms with van der Waals surface area (Å²) in [6.45, 7) is 1.55. The third-order valence-corrected chi connectivity index (χ3v) is 5.77. The Morgan fingerprint density at radius 2 is 1.80 bits per heavy atom. The lowest BCUT2D eigenvalue weighted by molar-refractivity contribution is -0.132.